The summed E-state index contributed by atoms with van der Waals surface area (Å²) in [7, 11) is 1.43. The fraction of sp³-hybridized carbons (Fsp3) is 0.533. The molecule has 0 heterocycles. The number of esters is 2. The van der Waals surface area contributed by atoms with E-state index in [2.05, 4.69) is 257 Å². The summed E-state index contributed by atoms with van der Waals surface area (Å²) in [5.41, 5.74) is 0. The highest BCUT2D eigenvalue weighted by atomic mass is 31.2. The lowest BCUT2D eigenvalue weighted by Gasteiger charge is -2.24. The Morgan fingerprint density at radius 3 is 0.800 bits per heavy atom. The molecule has 0 radical (unpaired) electrons. The van der Waals surface area contributed by atoms with Crippen LogP contribution in [0.15, 0.2) is 243 Å². The third-order valence-electron chi connectivity index (χ3n) is 15.4. The second-order valence-corrected chi connectivity index (χ2v) is 27.4. The number of nitrogens with zero attached hydrogens (tertiary/aromatic N) is 1. The Morgan fingerprint density at radius 2 is 0.540 bits per heavy atom. The second-order valence-electron chi connectivity index (χ2n) is 25.9. The number of hydrogen-bond donors (Lipinski definition) is 1. The van der Waals surface area contributed by atoms with E-state index in [1.54, 1.807) is 0 Å². The molecule has 1 N–H and O–H groups in total. The molecule has 0 bridgehead atoms. The fourth-order valence-corrected chi connectivity index (χ4v) is 10.3. The minimum absolute atomic E-state index is 0.0132. The Hall–Kier alpha value is -6.19. The van der Waals surface area contributed by atoms with Crippen LogP contribution < -0.4 is 0 Å². The first kappa shape index (κ1) is 93.8. The number of ether oxygens (including phenoxy) is 2. The molecule has 2 unspecified atom stereocenters. The molecule has 0 amide bonds. The summed E-state index contributed by atoms with van der Waals surface area (Å²) in [4.78, 5) is 36.0. The van der Waals surface area contributed by atoms with Gasteiger partial charge in [0.25, 0.3) is 0 Å². The lowest BCUT2D eigenvalue weighted by Crippen LogP contribution is -2.37. The smallest absolute Gasteiger partial charge is 0.462 e. The SMILES string of the molecule is CC/C=C\C/C=C\C/C=C\C/C=C\C/C=C\C/C=C\C/C=C\C/C=C\C/C=C\C/C=C\C/C=C\CCCCCCCC(=O)OC(COC(=O)CCCCCCCCCCC/C=C\C/C=C\C/C=C\C/C=C\C/C=C\C/C=C\C/C=C\C/C=C\C/C=C\CC)COP(=O)(O)OCC[N+](C)(C)C. The van der Waals surface area contributed by atoms with Gasteiger partial charge in [-0.15, -0.1) is 0 Å². The van der Waals surface area contributed by atoms with Crippen molar-refractivity contribution >= 4 is 19.8 Å². The Bertz CT molecular complexity index is 2600. The van der Waals surface area contributed by atoms with Crippen molar-refractivity contribution in [2.24, 2.45) is 0 Å². The first-order valence-corrected chi connectivity index (χ1v) is 40.3. The third-order valence-corrected chi connectivity index (χ3v) is 16.4. The van der Waals surface area contributed by atoms with Crippen LogP contribution in [0, 0.1) is 0 Å². The van der Waals surface area contributed by atoms with Crippen molar-refractivity contribution in [1.82, 2.24) is 0 Å². The largest absolute Gasteiger partial charge is 0.472 e. The number of rotatable bonds is 68. The predicted molar refractivity (Wildman–Crippen MR) is 435 cm³/mol. The molecular formula is C90H141NO8P+. The van der Waals surface area contributed by atoms with Crippen molar-refractivity contribution in [1.29, 1.82) is 0 Å². The lowest BCUT2D eigenvalue weighted by atomic mass is 10.1. The highest BCUT2D eigenvalue weighted by Crippen LogP contribution is 2.43. The number of quaternary nitrogens is 1. The van der Waals surface area contributed by atoms with Crippen molar-refractivity contribution in [3.8, 4) is 0 Å². The first-order valence-electron chi connectivity index (χ1n) is 38.8. The number of phosphoric ester groups is 1. The highest BCUT2D eigenvalue weighted by molar-refractivity contribution is 7.47. The second kappa shape index (κ2) is 77.0. The van der Waals surface area contributed by atoms with Gasteiger partial charge in [-0.3, -0.25) is 18.6 Å². The van der Waals surface area contributed by atoms with Gasteiger partial charge in [0.05, 0.1) is 27.7 Å². The Kier molecular flexibility index (Phi) is 72.2. The molecule has 0 aromatic carbocycles. The molecule has 9 nitrogen and oxygen atoms in total. The number of hydrogen-bond acceptors (Lipinski definition) is 7. The average molecular weight is 1400 g/mol. The number of likely N-dealkylation sites (N-methyl/N-ethyl adjacent to an activating group) is 1. The van der Waals surface area contributed by atoms with Crippen LogP contribution >= 0.6 is 7.82 Å². The summed E-state index contributed by atoms with van der Waals surface area (Å²) in [5.74, 6) is -0.844. The molecule has 0 spiro atoms. The van der Waals surface area contributed by atoms with Crippen LogP contribution in [-0.2, 0) is 32.7 Å². The summed E-state index contributed by atoms with van der Waals surface area (Å²) in [6.07, 6.45) is 126. The zero-order chi connectivity index (χ0) is 72.5. The van der Waals surface area contributed by atoms with E-state index in [4.69, 9.17) is 18.5 Å². The number of unbranched alkanes of at least 4 members (excludes halogenated alkanes) is 14. The standard InChI is InChI=1S/C90H140NO8P/c1-6-8-10-12-14-16-18-20-22-24-26-28-30-32-34-36-38-40-42-44-45-47-49-51-53-55-57-59-61-63-65-67-69-71-73-75-77-79-81-83-90(93)99-88(87-98-100(94,95)97-85-84-91(3,4)5)86-96-89(92)82-80-78-76-74-72-70-68-66-64-62-60-58-56-54-52-50-48-46-43-41-39-37-35-33-31-29-27-25-23-21-19-17-15-13-11-9-7-2/h8-11,14-17,20-23,26-29,32-35,38-41,44-46,48-49,51-52,54-55,57-58,60-61,63,67,69,88H,6-7,12-13,18-19,24-25,30-31,36-37,42-43,47,50,53,56,59,62,64-66,68,70-87H2,1-5H3/p+1/b10-8-,11-9-,16-14-,17-15-,22-20-,23-21-,28-26-,29-27-,34-32-,35-33-,40-38-,41-39-,45-44-,48-46-,51-49-,54-52-,57-55-,60-58-,63-61-,69-67-. The number of allylic oxidation sites excluding steroid dienone is 40. The molecule has 0 rings (SSSR count). The van der Waals surface area contributed by atoms with E-state index in [1.165, 1.54) is 32.1 Å². The van der Waals surface area contributed by atoms with Crippen LogP contribution in [0.5, 0.6) is 0 Å². The van der Waals surface area contributed by atoms with Crippen LogP contribution in [0.25, 0.3) is 0 Å². The van der Waals surface area contributed by atoms with Crippen LogP contribution in [-0.4, -0.2) is 74.9 Å². The van der Waals surface area contributed by atoms with E-state index in [-0.39, 0.29) is 32.0 Å². The molecule has 0 aliphatic carbocycles. The monoisotopic (exact) mass is 1400 g/mol. The molecule has 2 atom stereocenters. The van der Waals surface area contributed by atoms with Gasteiger partial charge < -0.3 is 18.9 Å². The minimum atomic E-state index is -4.42. The summed E-state index contributed by atoms with van der Waals surface area (Å²) >= 11 is 0. The van der Waals surface area contributed by atoms with E-state index in [9.17, 15) is 19.0 Å². The Labute approximate surface area is 613 Å². The molecular weight excluding hydrogens is 1250 g/mol. The molecule has 0 saturated heterocycles. The number of phosphoric acid groups is 1. The molecule has 0 aliphatic rings. The van der Waals surface area contributed by atoms with Gasteiger partial charge in [0.1, 0.15) is 19.8 Å². The van der Waals surface area contributed by atoms with Gasteiger partial charge in [0.15, 0.2) is 6.10 Å². The number of carbonyl (C=O) groups is 2. The van der Waals surface area contributed by atoms with Gasteiger partial charge in [-0.05, 0) is 167 Å². The van der Waals surface area contributed by atoms with E-state index in [0.29, 0.717) is 23.9 Å². The van der Waals surface area contributed by atoms with Gasteiger partial charge in [-0.1, -0.05) is 321 Å². The summed E-state index contributed by atoms with van der Waals surface area (Å²) in [6.45, 7) is 4.15. The maximum absolute atomic E-state index is 12.9. The minimum Gasteiger partial charge on any atom is -0.462 e. The summed E-state index contributed by atoms with van der Waals surface area (Å²) in [5, 5.41) is 0. The van der Waals surface area contributed by atoms with Crippen molar-refractivity contribution in [3.63, 3.8) is 0 Å². The highest BCUT2D eigenvalue weighted by Gasteiger charge is 2.27. The van der Waals surface area contributed by atoms with Gasteiger partial charge in [0.2, 0.25) is 0 Å². The maximum Gasteiger partial charge on any atom is 0.472 e. The van der Waals surface area contributed by atoms with Crippen LogP contribution in [0.2, 0.25) is 0 Å². The first-order chi connectivity index (χ1) is 49.0. The quantitative estimate of drug-likeness (QED) is 0.0211. The molecule has 10 heteroatoms. The average Bonchev–Trinajstić information content (AvgIpc) is 1.07. The summed E-state index contributed by atoms with van der Waals surface area (Å²) < 4.78 is 34.7. The molecule has 0 aromatic heterocycles. The van der Waals surface area contributed by atoms with Gasteiger partial charge >= 0.3 is 19.8 Å². The van der Waals surface area contributed by atoms with Crippen molar-refractivity contribution in [3.05, 3.63) is 243 Å². The topological polar surface area (TPSA) is 108 Å². The van der Waals surface area contributed by atoms with Crippen molar-refractivity contribution in [2.45, 2.75) is 264 Å². The molecule has 0 fully saturated rings. The van der Waals surface area contributed by atoms with E-state index >= 15 is 0 Å². The predicted octanol–water partition coefficient (Wildman–Crippen LogP) is 26.3. The van der Waals surface area contributed by atoms with Crippen LogP contribution in [0.1, 0.15) is 258 Å². The van der Waals surface area contributed by atoms with Crippen molar-refractivity contribution in [2.75, 3.05) is 47.5 Å². The van der Waals surface area contributed by atoms with E-state index < -0.39 is 26.5 Å². The molecule has 100 heavy (non-hydrogen) atoms. The van der Waals surface area contributed by atoms with Crippen LogP contribution in [0.4, 0.5) is 0 Å². The van der Waals surface area contributed by atoms with E-state index in [0.717, 1.165) is 186 Å². The van der Waals surface area contributed by atoms with Gasteiger partial charge in [-0.25, -0.2) is 4.57 Å². The Morgan fingerprint density at radius 1 is 0.310 bits per heavy atom. The lowest BCUT2D eigenvalue weighted by molar-refractivity contribution is -0.870. The fourth-order valence-electron chi connectivity index (χ4n) is 9.54. The normalized spacial score (nSPS) is 14.4. The number of carbonyl (C=O) groups excluding carboxylic acids is 2. The summed E-state index contributed by atoms with van der Waals surface area (Å²) in [6, 6.07) is 0. The molecule has 558 valence electrons. The zero-order valence-corrected chi connectivity index (χ0v) is 64.5. The molecule has 0 saturated carbocycles. The van der Waals surface area contributed by atoms with Gasteiger partial charge in [-0.2, -0.15) is 0 Å². The maximum atomic E-state index is 12.9. The van der Waals surface area contributed by atoms with Gasteiger partial charge in [0, 0.05) is 12.8 Å². The van der Waals surface area contributed by atoms with E-state index in [1.807, 2.05) is 21.1 Å². The van der Waals surface area contributed by atoms with Crippen molar-refractivity contribution < 1.29 is 42.1 Å². The third kappa shape index (κ3) is 80.8. The Balaban J connectivity index is 4.18. The zero-order valence-electron chi connectivity index (χ0n) is 63.6. The molecule has 0 aliphatic heterocycles. The molecule has 0 aromatic rings. The van der Waals surface area contributed by atoms with Crippen LogP contribution in [0.3, 0.4) is 0 Å².